The lowest BCUT2D eigenvalue weighted by Gasteiger charge is -2.19. The Morgan fingerprint density at radius 1 is 1.00 bits per heavy atom. The highest BCUT2D eigenvalue weighted by molar-refractivity contribution is 7.93. The van der Waals surface area contributed by atoms with Gasteiger partial charge in [0.2, 0.25) is 0 Å². The first-order valence-electron chi connectivity index (χ1n) is 16.6. The molecule has 1 N–H and O–H groups in total. The van der Waals surface area contributed by atoms with Gasteiger partial charge in [0.15, 0.2) is 11.8 Å². The number of hydrogen-bond donors (Lipinski definition) is 1. The zero-order valence-corrected chi connectivity index (χ0v) is 30.4. The van der Waals surface area contributed by atoms with Crippen molar-refractivity contribution in [2.75, 3.05) is 31.8 Å². The molecular formula is C35H43ClN4O6SSi. The van der Waals surface area contributed by atoms with Gasteiger partial charge >= 0.3 is 6.01 Å². The third-order valence-electron chi connectivity index (χ3n) is 8.99. The fraction of sp³-hybridized carbons (Fsp3) is 0.486. The summed E-state index contributed by atoms with van der Waals surface area (Å²) in [6, 6.07) is 19.1. The van der Waals surface area contributed by atoms with E-state index in [0.29, 0.717) is 46.2 Å². The predicted molar refractivity (Wildman–Crippen MR) is 191 cm³/mol. The highest BCUT2D eigenvalue weighted by Crippen LogP contribution is 2.35. The average molecular weight is 711 g/mol. The van der Waals surface area contributed by atoms with Crippen LogP contribution in [0.4, 0.5) is 5.69 Å². The maximum Gasteiger partial charge on any atom is 0.301 e. The molecule has 2 aliphatic heterocycles. The number of halogens is 1. The van der Waals surface area contributed by atoms with E-state index in [-0.39, 0.29) is 26.0 Å². The molecule has 3 fully saturated rings. The second kappa shape index (κ2) is 13.5. The van der Waals surface area contributed by atoms with E-state index in [1.807, 2.05) is 53.1 Å². The fourth-order valence-corrected chi connectivity index (χ4v) is 9.01. The van der Waals surface area contributed by atoms with Crippen molar-refractivity contribution in [3.63, 3.8) is 0 Å². The molecule has 3 aliphatic rings. The quantitative estimate of drug-likeness (QED) is 0.126. The summed E-state index contributed by atoms with van der Waals surface area (Å²) in [5, 5.41) is 10.7. The van der Waals surface area contributed by atoms with Gasteiger partial charge in [0.1, 0.15) is 30.6 Å². The molecule has 13 heteroatoms. The summed E-state index contributed by atoms with van der Waals surface area (Å²) in [4.78, 5) is 9.75. The van der Waals surface area contributed by atoms with Crippen LogP contribution >= 0.6 is 11.6 Å². The summed E-state index contributed by atoms with van der Waals surface area (Å²) in [5.74, 6) is 1.24. The van der Waals surface area contributed by atoms with Crippen LogP contribution in [-0.4, -0.2) is 88.2 Å². The molecule has 7 rings (SSSR count). The number of imidazole rings is 1. The number of aromatic nitrogens is 3. The fourth-order valence-electron chi connectivity index (χ4n) is 6.15. The van der Waals surface area contributed by atoms with E-state index in [1.165, 1.54) is 0 Å². The summed E-state index contributed by atoms with van der Waals surface area (Å²) in [5.41, 5.74) is 5.48. The molecule has 2 aromatic carbocycles. The summed E-state index contributed by atoms with van der Waals surface area (Å²) in [6.07, 6.45) is 2.19. The summed E-state index contributed by atoms with van der Waals surface area (Å²) >= 11 is 6.82. The van der Waals surface area contributed by atoms with Crippen LogP contribution in [0.5, 0.6) is 6.01 Å². The normalized spacial score (nSPS) is 23.7. The van der Waals surface area contributed by atoms with Gasteiger partial charge < -0.3 is 24.1 Å². The Balaban J connectivity index is 1.14. The third kappa shape index (κ3) is 7.65. The molecule has 4 heterocycles. The van der Waals surface area contributed by atoms with E-state index in [1.54, 1.807) is 12.3 Å². The van der Waals surface area contributed by atoms with Crippen molar-refractivity contribution >= 4 is 46.3 Å². The van der Waals surface area contributed by atoms with Gasteiger partial charge in [-0.1, -0.05) is 67.6 Å². The van der Waals surface area contributed by atoms with E-state index >= 15 is 0 Å². The van der Waals surface area contributed by atoms with E-state index in [4.69, 9.17) is 40.5 Å². The first kappa shape index (κ1) is 33.6. The highest BCUT2D eigenvalue weighted by Gasteiger charge is 2.49. The second-order valence-corrected chi connectivity index (χ2v) is 22.9. The average Bonchev–Trinajstić information content (AvgIpc) is 3.48. The van der Waals surface area contributed by atoms with Crippen molar-refractivity contribution in [1.29, 1.82) is 0 Å². The Kier molecular flexibility index (Phi) is 9.44. The first-order valence-corrected chi connectivity index (χ1v) is 22.7. The Morgan fingerprint density at radius 2 is 1.67 bits per heavy atom. The minimum Gasteiger partial charge on any atom is -0.456 e. The van der Waals surface area contributed by atoms with Crippen LogP contribution in [0.1, 0.15) is 12.8 Å². The molecule has 10 nitrogen and oxygen atoms in total. The number of hydrogen-bond acceptors (Lipinski definition) is 9. The van der Waals surface area contributed by atoms with E-state index < -0.39 is 36.1 Å². The molecule has 0 bridgehead atoms. The first-order chi connectivity index (χ1) is 22.9. The van der Waals surface area contributed by atoms with Gasteiger partial charge in [-0.05, 0) is 54.1 Å². The van der Waals surface area contributed by atoms with Crippen molar-refractivity contribution in [1.82, 2.24) is 14.5 Å². The molecule has 256 valence electrons. The predicted octanol–water partition coefficient (Wildman–Crippen LogP) is 6.78. The third-order valence-corrected chi connectivity index (χ3v) is 12.7. The molecule has 1 saturated carbocycles. The zero-order chi connectivity index (χ0) is 33.6. The minimum absolute atomic E-state index is 0.213. The molecule has 0 radical (unpaired) electrons. The monoisotopic (exact) mass is 710 g/mol. The molecular weight excluding hydrogens is 668 g/mol. The Morgan fingerprint density at radius 3 is 2.35 bits per heavy atom. The van der Waals surface area contributed by atoms with Crippen molar-refractivity contribution in [2.45, 2.75) is 69.7 Å². The van der Waals surface area contributed by atoms with Gasteiger partial charge in [-0.15, -0.1) is 0 Å². The van der Waals surface area contributed by atoms with Crippen molar-refractivity contribution in [3.8, 4) is 28.4 Å². The largest absolute Gasteiger partial charge is 0.456 e. The maximum absolute atomic E-state index is 12.9. The molecule has 2 saturated heterocycles. The lowest BCUT2D eigenvalue weighted by molar-refractivity contribution is 0.00336. The number of benzene rings is 2. The van der Waals surface area contributed by atoms with Gasteiger partial charge in [-0.3, -0.25) is 4.57 Å². The molecule has 4 aromatic rings. The van der Waals surface area contributed by atoms with Crippen molar-refractivity contribution in [2.24, 2.45) is 10.3 Å². The Hall–Kier alpha value is -2.84. The van der Waals surface area contributed by atoms with Gasteiger partial charge in [0.25, 0.3) is 0 Å². The molecule has 0 amide bonds. The number of pyridine rings is 1. The molecule has 48 heavy (non-hydrogen) atoms. The molecule has 5 atom stereocenters. The smallest absolute Gasteiger partial charge is 0.301 e. The molecule has 1 aliphatic carbocycles. The van der Waals surface area contributed by atoms with Gasteiger partial charge in [0, 0.05) is 42.0 Å². The maximum atomic E-state index is 12.9. The lowest BCUT2D eigenvalue weighted by atomic mass is 10.0. The van der Waals surface area contributed by atoms with Crippen molar-refractivity contribution < 1.29 is 28.3 Å². The topological polar surface area (TPSA) is 117 Å². The van der Waals surface area contributed by atoms with E-state index in [0.717, 1.165) is 41.3 Å². The van der Waals surface area contributed by atoms with Crippen LogP contribution in [0.15, 0.2) is 59.0 Å². The Bertz CT molecular complexity index is 1900. The summed E-state index contributed by atoms with van der Waals surface area (Å²) in [7, 11) is -3.51. The number of aliphatic hydroxyl groups is 1. The Labute approximate surface area is 287 Å². The van der Waals surface area contributed by atoms with Crippen LogP contribution in [0.3, 0.4) is 0 Å². The number of nitrogens with zero attached hydrogens (tertiary/aromatic N) is 4. The van der Waals surface area contributed by atoms with Crippen molar-refractivity contribution in [3.05, 3.63) is 59.6 Å². The van der Waals surface area contributed by atoms with Crippen LogP contribution in [0, 0.1) is 5.92 Å². The lowest BCUT2D eigenvalue weighted by Crippen LogP contribution is -2.35. The molecule has 2 aromatic heterocycles. The van der Waals surface area contributed by atoms with Gasteiger partial charge in [-0.2, -0.15) is 9.35 Å². The van der Waals surface area contributed by atoms with Gasteiger partial charge in [-0.25, -0.2) is 9.19 Å². The minimum atomic E-state index is -2.22. The second-order valence-electron chi connectivity index (χ2n) is 14.4. The van der Waals surface area contributed by atoms with Gasteiger partial charge in [0.05, 0.1) is 29.6 Å². The number of rotatable bonds is 12. The highest BCUT2D eigenvalue weighted by atomic mass is 35.5. The summed E-state index contributed by atoms with van der Waals surface area (Å²) < 4.78 is 43.3. The standard InChI is InChI=1S/C35H43ClN4O6SSi/c1-47(42,20-22-5-6-22)39-26-13-11-24(12-14-26)23-7-9-25(10-8-23)31-27(36)17-28-34(38-31)40(21-43-15-16-48(2,3)4)35(37-28)46-30-19-45-32-29(41)18-44-33(30)32/h7-14,17,22,29-30,32-33,41H,5-6,15-16,18-21H2,1-4H3/t29-,30-,32-,33-,47?/m1/s1. The van der Waals surface area contributed by atoms with Crippen LogP contribution in [0.25, 0.3) is 33.5 Å². The van der Waals surface area contributed by atoms with E-state index in [2.05, 4.69) is 24.0 Å². The summed E-state index contributed by atoms with van der Waals surface area (Å²) in [6.45, 7) is 8.29. The number of aliphatic hydroxyl groups excluding tert-OH is 1. The van der Waals surface area contributed by atoms with Crippen LogP contribution in [-0.2, 0) is 30.7 Å². The number of fused-ring (bicyclic) bond motifs is 2. The van der Waals surface area contributed by atoms with Crippen LogP contribution in [0.2, 0.25) is 30.7 Å². The van der Waals surface area contributed by atoms with E-state index in [9.17, 15) is 9.32 Å². The molecule has 0 spiro atoms. The molecule has 1 unspecified atom stereocenters. The van der Waals surface area contributed by atoms with Crippen LogP contribution < -0.4 is 4.74 Å². The SMILES string of the molecule is C[Si](C)(C)CCOCn1c(O[C@@H]2CO[C@H]3[C@@H]2OC[C@H]3O)nc2cc(Cl)c(-c3ccc(-c4ccc(N=S(C)(=O)CC5CC5)cc4)cc3)nc21. The zero-order valence-electron chi connectivity index (χ0n) is 27.8. The number of ether oxygens (including phenoxy) is 4.